The zero-order chi connectivity index (χ0) is 17.1. The van der Waals surface area contributed by atoms with E-state index in [1.807, 2.05) is 6.07 Å². The molecule has 1 aromatic heterocycles. The summed E-state index contributed by atoms with van der Waals surface area (Å²) in [7, 11) is 3.04. The molecule has 0 aliphatic rings. The van der Waals surface area contributed by atoms with Gasteiger partial charge in [-0.1, -0.05) is 19.6 Å². The largest absolute Gasteiger partial charge is 0.505 e. The number of carbonyl (C=O) groups excluding carboxylic acids is 1. The number of nitrogens with one attached hydrogen (secondary N) is 1. The number of phenols is 1. The molecule has 2 N–H and O–H groups in total. The van der Waals surface area contributed by atoms with Crippen molar-refractivity contribution in [2.45, 2.75) is 7.43 Å². The van der Waals surface area contributed by atoms with Crippen molar-refractivity contribution in [1.29, 1.82) is 0 Å². The first kappa shape index (κ1) is 18.1. The highest BCUT2D eigenvalue weighted by Crippen LogP contribution is 2.31. The SMILES string of the molecule is C.COc1ccc(OC)c(NC(=O)c2ccc3cccnc3c2O)c1. The lowest BCUT2D eigenvalue weighted by Crippen LogP contribution is -2.13. The van der Waals surface area contributed by atoms with Crippen LogP contribution in [0, 0.1) is 0 Å². The van der Waals surface area contributed by atoms with Crippen LogP contribution in [0.25, 0.3) is 10.9 Å². The Labute approximate surface area is 146 Å². The lowest BCUT2D eigenvalue weighted by atomic mass is 10.1. The number of phenolic OH excluding ortho intramolecular Hbond substituents is 1. The molecule has 0 bridgehead atoms. The Morgan fingerprint density at radius 2 is 1.92 bits per heavy atom. The van der Waals surface area contributed by atoms with Crippen LogP contribution < -0.4 is 14.8 Å². The maximum absolute atomic E-state index is 12.6. The molecule has 0 saturated carbocycles. The molecule has 2 aromatic carbocycles. The van der Waals surface area contributed by atoms with Gasteiger partial charge in [-0.15, -0.1) is 0 Å². The summed E-state index contributed by atoms with van der Waals surface area (Å²) in [5, 5.41) is 13.8. The van der Waals surface area contributed by atoms with Crippen LogP contribution in [0.1, 0.15) is 17.8 Å². The van der Waals surface area contributed by atoms with Crippen molar-refractivity contribution < 1.29 is 19.4 Å². The predicted octanol–water partition coefficient (Wildman–Crippen LogP) is 3.85. The Morgan fingerprint density at radius 3 is 2.64 bits per heavy atom. The first-order chi connectivity index (χ1) is 11.6. The van der Waals surface area contributed by atoms with Gasteiger partial charge in [0.15, 0.2) is 5.75 Å². The quantitative estimate of drug-likeness (QED) is 0.754. The lowest BCUT2D eigenvalue weighted by Gasteiger charge is -2.12. The molecule has 0 fully saturated rings. The Hall–Kier alpha value is -3.28. The number of amides is 1. The van der Waals surface area contributed by atoms with E-state index in [9.17, 15) is 9.90 Å². The van der Waals surface area contributed by atoms with Gasteiger partial charge < -0.3 is 19.9 Å². The molecule has 0 radical (unpaired) electrons. The van der Waals surface area contributed by atoms with Gasteiger partial charge in [0.25, 0.3) is 5.91 Å². The Balaban J connectivity index is 0.00000225. The Bertz CT molecular complexity index is 909. The molecule has 3 aromatic rings. The predicted molar refractivity (Wildman–Crippen MR) is 97.6 cm³/mol. The number of hydrogen-bond donors (Lipinski definition) is 2. The second-order valence-corrected chi connectivity index (χ2v) is 5.06. The summed E-state index contributed by atoms with van der Waals surface area (Å²) in [6.45, 7) is 0. The summed E-state index contributed by atoms with van der Waals surface area (Å²) < 4.78 is 10.4. The van der Waals surface area contributed by atoms with E-state index in [1.54, 1.807) is 42.6 Å². The summed E-state index contributed by atoms with van der Waals surface area (Å²) in [5.74, 6) is 0.442. The number of anilines is 1. The standard InChI is InChI=1S/C18H16N2O4.CH4/c1-23-12-6-8-15(24-2)14(10-12)20-18(22)13-7-5-11-4-3-9-19-16(11)17(13)21;/h3-10,21H,1-2H3,(H,20,22);1H4. The van der Waals surface area contributed by atoms with Gasteiger partial charge >= 0.3 is 0 Å². The highest BCUT2D eigenvalue weighted by Gasteiger charge is 2.16. The second-order valence-electron chi connectivity index (χ2n) is 5.06. The monoisotopic (exact) mass is 340 g/mol. The van der Waals surface area contributed by atoms with Crippen molar-refractivity contribution in [3.05, 3.63) is 54.2 Å². The van der Waals surface area contributed by atoms with Crippen molar-refractivity contribution in [1.82, 2.24) is 4.98 Å². The number of rotatable bonds is 4. The summed E-state index contributed by atoms with van der Waals surface area (Å²) >= 11 is 0. The van der Waals surface area contributed by atoms with E-state index in [4.69, 9.17) is 9.47 Å². The summed E-state index contributed by atoms with van der Waals surface area (Å²) in [5.41, 5.74) is 0.955. The fourth-order valence-corrected chi connectivity index (χ4v) is 2.41. The fraction of sp³-hybridized carbons (Fsp3) is 0.158. The molecule has 0 aliphatic carbocycles. The van der Waals surface area contributed by atoms with Crippen LogP contribution in [0.2, 0.25) is 0 Å². The first-order valence-electron chi connectivity index (χ1n) is 7.24. The summed E-state index contributed by atoms with van der Waals surface area (Å²) in [6, 6.07) is 11.9. The number of hydrogen-bond acceptors (Lipinski definition) is 5. The molecule has 1 amide bonds. The minimum absolute atomic E-state index is 0. The number of nitrogens with zero attached hydrogens (tertiary/aromatic N) is 1. The number of methoxy groups -OCH3 is 2. The molecule has 0 aliphatic heterocycles. The first-order valence-corrected chi connectivity index (χ1v) is 7.24. The molecular weight excluding hydrogens is 320 g/mol. The van der Waals surface area contributed by atoms with E-state index < -0.39 is 5.91 Å². The van der Waals surface area contributed by atoms with Gasteiger partial charge in [0.1, 0.15) is 17.0 Å². The molecule has 25 heavy (non-hydrogen) atoms. The zero-order valence-corrected chi connectivity index (χ0v) is 13.2. The van der Waals surface area contributed by atoms with Crippen molar-refractivity contribution >= 4 is 22.5 Å². The second kappa shape index (κ2) is 7.53. The van der Waals surface area contributed by atoms with Gasteiger partial charge in [-0.05, 0) is 24.3 Å². The normalized spacial score (nSPS) is 10.0. The van der Waals surface area contributed by atoms with Gasteiger partial charge in [-0.3, -0.25) is 9.78 Å². The molecule has 6 nitrogen and oxygen atoms in total. The van der Waals surface area contributed by atoms with Gasteiger partial charge in [0.05, 0.1) is 25.5 Å². The van der Waals surface area contributed by atoms with Crippen LogP contribution >= 0.6 is 0 Å². The third-order valence-electron chi connectivity index (χ3n) is 3.65. The van der Waals surface area contributed by atoms with Crippen LogP contribution in [0.5, 0.6) is 17.2 Å². The highest BCUT2D eigenvalue weighted by atomic mass is 16.5. The van der Waals surface area contributed by atoms with E-state index in [-0.39, 0.29) is 18.7 Å². The number of aromatic nitrogens is 1. The Kier molecular flexibility index (Phi) is 5.44. The van der Waals surface area contributed by atoms with Crippen LogP contribution in [0.15, 0.2) is 48.7 Å². The number of benzene rings is 2. The molecule has 6 heteroatoms. The van der Waals surface area contributed by atoms with E-state index in [0.717, 1.165) is 5.39 Å². The zero-order valence-electron chi connectivity index (χ0n) is 13.2. The number of aromatic hydroxyl groups is 1. The number of pyridine rings is 1. The number of fused-ring (bicyclic) bond motifs is 1. The van der Waals surface area contributed by atoms with Crippen molar-refractivity contribution in [3.8, 4) is 17.2 Å². The van der Waals surface area contributed by atoms with Crippen molar-refractivity contribution in [2.75, 3.05) is 19.5 Å². The van der Waals surface area contributed by atoms with E-state index in [2.05, 4.69) is 10.3 Å². The minimum Gasteiger partial charge on any atom is -0.505 e. The third kappa shape index (κ3) is 3.47. The molecular formula is C19H20N2O4. The average molecular weight is 340 g/mol. The molecule has 0 saturated heterocycles. The van der Waals surface area contributed by atoms with Gasteiger partial charge in [-0.25, -0.2) is 0 Å². The maximum atomic E-state index is 12.6. The van der Waals surface area contributed by atoms with E-state index in [0.29, 0.717) is 22.7 Å². The van der Waals surface area contributed by atoms with E-state index >= 15 is 0 Å². The highest BCUT2D eigenvalue weighted by molar-refractivity contribution is 6.09. The third-order valence-corrected chi connectivity index (χ3v) is 3.65. The van der Waals surface area contributed by atoms with Crippen LogP contribution in [0.4, 0.5) is 5.69 Å². The molecule has 1 heterocycles. The van der Waals surface area contributed by atoms with Gasteiger partial charge in [-0.2, -0.15) is 0 Å². The fourth-order valence-electron chi connectivity index (χ4n) is 2.41. The molecule has 130 valence electrons. The van der Waals surface area contributed by atoms with Gasteiger partial charge in [0.2, 0.25) is 0 Å². The molecule has 3 rings (SSSR count). The Morgan fingerprint density at radius 1 is 1.12 bits per heavy atom. The molecule has 0 atom stereocenters. The molecule has 0 spiro atoms. The molecule has 0 unspecified atom stereocenters. The summed E-state index contributed by atoms with van der Waals surface area (Å²) in [6.07, 6.45) is 1.56. The van der Waals surface area contributed by atoms with Crippen LogP contribution in [-0.4, -0.2) is 30.2 Å². The maximum Gasteiger partial charge on any atom is 0.259 e. The van der Waals surface area contributed by atoms with Crippen LogP contribution in [-0.2, 0) is 0 Å². The van der Waals surface area contributed by atoms with Crippen molar-refractivity contribution in [3.63, 3.8) is 0 Å². The summed E-state index contributed by atoms with van der Waals surface area (Å²) in [4.78, 5) is 16.7. The smallest absolute Gasteiger partial charge is 0.259 e. The minimum atomic E-state index is -0.466. The van der Waals surface area contributed by atoms with Gasteiger partial charge in [0, 0.05) is 17.6 Å². The number of ether oxygens (including phenoxy) is 2. The lowest BCUT2D eigenvalue weighted by molar-refractivity contribution is 0.102. The topological polar surface area (TPSA) is 80.7 Å². The number of carbonyl (C=O) groups is 1. The van der Waals surface area contributed by atoms with E-state index in [1.165, 1.54) is 14.2 Å². The average Bonchev–Trinajstić information content (AvgIpc) is 2.62. The van der Waals surface area contributed by atoms with Crippen molar-refractivity contribution in [2.24, 2.45) is 0 Å². The van der Waals surface area contributed by atoms with Crippen LogP contribution in [0.3, 0.4) is 0 Å².